The molecule has 1 N–H and O–H groups in total. The third-order valence-electron chi connectivity index (χ3n) is 4.15. The van der Waals surface area contributed by atoms with Crippen LogP contribution in [0.25, 0.3) is 0 Å². The Labute approximate surface area is 124 Å². The van der Waals surface area contributed by atoms with Crippen LogP contribution in [-0.4, -0.2) is 11.6 Å². The molecule has 1 amide bonds. The Kier molecular flexibility index (Phi) is 3.57. The number of amides is 1. The molecule has 2 aromatic carbocycles. The minimum Gasteiger partial charge on any atom is -0.272 e. The second kappa shape index (κ2) is 5.52. The van der Waals surface area contributed by atoms with Crippen LogP contribution in [0.4, 0.5) is 0 Å². The third-order valence-corrected chi connectivity index (χ3v) is 4.15. The van der Waals surface area contributed by atoms with Crippen molar-refractivity contribution >= 4 is 11.6 Å². The van der Waals surface area contributed by atoms with E-state index in [0.29, 0.717) is 12.8 Å². The fourth-order valence-electron chi connectivity index (χ4n) is 2.88. The van der Waals surface area contributed by atoms with E-state index >= 15 is 0 Å². The molecular weight excluding hydrogens is 260 g/mol. The zero-order chi connectivity index (χ0) is 14.7. The van der Waals surface area contributed by atoms with Crippen molar-refractivity contribution in [2.75, 3.05) is 0 Å². The number of hydrogen-bond acceptors (Lipinski definition) is 2. The molecule has 0 saturated heterocycles. The van der Waals surface area contributed by atoms with Crippen LogP contribution in [0, 0.1) is 5.41 Å². The van der Waals surface area contributed by atoms with Crippen molar-refractivity contribution < 1.29 is 4.79 Å². The summed E-state index contributed by atoms with van der Waals surface area (Å²) < 4.78 is 0. The van der Waals surface area contributed by atoms with Crippen LogP contribution in [0.15, 0.2) is 65.8 Å². The molecule has 0 atom stereocenters. The minimum absolute atomic E-state index is 0.00675. The monoisotopic (exact) mass is 278 g/mol. The van der Waals surface area contributed by atoms with Gasteiger partial charge in [0.2, 0.25) is 0 Å². The highest BCUT2D eigenvalue weighted by atomic mass is 16.2. The summed E-state index contributed by atoms with van der Waals surface area (Å²) in [5, 5.41) is 4.18. The maximum atomic E-state index is 12.5. The molecule has 0 fully saturated rings. The van der Waals surface area contributed by atoms with E-state index < -0.39 is 5.41 Å². The van der Waals surface area contributed by atoms with Gasteiger partial charge in [-0.15, -0.1) is 0 Å². The SMILES string of the molecule is CC1=NNC(=O)C1(Cc1ccccc1)Cc1ccccc1. The predicted octanol–water partition coefficient (Wildman–Crippen LogP) is 2.96. The zero-order valence-corrected chi connectivity index (χ0v) is 12.0. The molecule has 21 heavy (non-hydrogen) atoms. The Morgan fingerprint density at radius 2 is 1.38 bits per heavy atom. The van der Waals surface area contributed by atoms with Crippen LogP contribution in [0.5, 0.6) is 0 Å². The normalized spacial score (nSPS) is 16.4. The van der Waals surface area contributed by atoms with E-state index in [0.717, 1.165) is 16.8 Å². The van der Waals surface area contributed by atoms with Crippen LogP contribution >= 0.6 is 0 Å². The lowest BCUT2D eigenvalue weighted by Gasteiger charge is -2.27. The highest BCUT2D eigenvalue weighted by molar-refractivity contribution is 6.11. The van der Waals surface area contributed by atoms with Gasteiger partial charge in [-0.3, -0.25) is 4.79 Å². The Morgan fingerprint density at radius 3 is 1.76 bits per heavy atom. The number of carbonyl (C=O) groups is 1. The smallest absolute Gasteiger partial charge is 0.252 e. The second-order valence-electron chi connectivity index (χ2n) is 5.54. The van der Waals surface area contributed by atoms with Crippen molar-refractivity contribution in [1.82, 2.24) is 5.43 Å². The molecule has 3 heteroatoms. The second-order valence-corrected chi connectivity index (χ2v) is 5.54. The first kappa shape index (κ1) is 13.6. The van der Waals surface area contributed by atoms with Gasteiger partial charge in [-0.1, -0.05) is 60.7 Å². The standard InChI is InChI=1S/C18H18N2O/c1-14-18(17(21)20-19-14,12-15-8-4-2-5-9-15)13-16-10-6-3-7-11-16/h2-11H,12-13H2,1H3,(H,20,21). The van der Waals surface area contributed by atoms with Crippen molar-refractivity contribution in [3.8, 4) is 0 Å². The molecule has 0 aliphatic carbocycles. The van der Waals surface area contributed by atoms with Gasteiger partial charge in [0, 0.05) is 0 Å². The molecular formula is C18H18N2O. The van der Waals surface area contributed by atoms with Crippen LogP contribution in [0.2, 0.25) is 0 Å². The fourth-order valence-corrected chi connectivity index (χ4v) is 2.88. The molecule has 106 valence electrons. The van der Waals surface area contributed by atoms with Gasteiger partial charge in [-0.25, -0.2) is 5.43 Å². The largest absolute Gasteiger partial charge is 0.272 e. The summed E-state index contributed by atoms with van der Waals surface area (Å²) in [6, 6.07) is 20.2. The van der Waals surface area contributed by atoms with E-state index in [-0.39, 0.29) is 5.91 Å². The maximum absolute atomic E-state index is 12.5. The van der Waals surface area contributed by atoms with E-state index in [2.05, 4.69) is 34.8 Å². The predicted molar refractivity (Wildman–Crippen MR) is 84.0 cm³/mol. The van der Waals surface area contributed by atoms with E-state index in [4.69, 9.17) is 0 Å². The average molecular weight is 278 g/mol. The summed E-state index contributed by atoms with van der Waals surface area (Å²) in [6.07, 6.45) is 1.34. The van der Waals surface area contributed by atoms with E-state index in [9.17, 15) is 4.79 Å². The van der Waals surface area contributed by atoms with Crippen LogP contribution < -0.4 is 5.43 Å². The molecule has 0 bridgehead atoms. The van der Waals surface area contributed by atoms with Gasteiger partial charge in [0.25, 0.3) is 5.91 Å². The molecule has 1 aliphatic rings. The summed E-state index contributed by atoms with van der Waals surface area (Å²) in [6.45, 7) is 1.93. The zero-order valence-electron chi connectivity index (χ0n) is 12.0. The number of nitrogens with one attached hydrogen (secondary N) is 1. The Bertz CT molecular complexity index is 621. The summed E-state index contributed by atoms with van der Waals surface area (Å²) in [5.74, 6) is -0.00675. The van der Waals surface area contributed by atoms with Gasteiger partial charge >= 0.3 is 0 Å². The van der Waals surface area contributed by atoms with Gasteiger partial charge in [0.05, 0.1) is 11.1 Å². The van der Waals surface area contributed by atoms with E-state index in [1.54, 1.807) is 0 Å². The average Bonchev–Trinajstić information content (AvgIpc) is 2.78. The summed E-state index contributed by atoms with van der Waals surface area (Å²) in [4.78, 5) is 12.5. The number of hydrazone groups is 1. The van der Waals surface area contributed by atoms with Crippen LogP contribution in [0.1, 0.15) is 18.1 Å². The highest BCUT2D eigenvalue weighted by Crippen LogP contribution is 2.33. The first-order valence-electron chi connectivity index (χ1n) is 7.14. The number of benzene rings is 2. The number of hydrogen-bond donors (Lipinski definition) is 1. The first-order chi connectivity index (χ1) is 10.2. The highest BCUT2D eigenvalue weighted by Gasteiger charge is 2.45. The van der Waals surface area contributed by atoms with Crippen molar-refractivity contribution in [2.24, 2.45) is 10.5 Å². The Balaban J connectivity index is 1.96. The molecule has 1 aliphatic heterocycles. The lowest BCUT2D eigenvalue weighted by molar-refractivity contribution is -0.126. The van der Waals surface area contributed by atoms with Gasteiger partial charge < -0.3 is 0 Å². The summed E-state index contributed by atoms with van der Waals surface area (Å²) in [7, 11) is 0. The van der Waals surface area contributed by atoms with E-state index in [1.165, 1.54) is 0 Å². The lowest BCUT2D eigenvalue weighted by atomic mass is 9.73. The van der Waals surface area contributed by atoms with Gasteiger partial charge in [-0.2, -0.15) is 5.10 Å². The van der Waals surface area contributed by atoms with Crippen LogP contribution in [-0.2, 0) is 17.6 Å². The van der Waals surface area contributed by atoms with Crippen molar-refractivity contribution in [3.63, 3.8) is 0 Å². The van der Waals surface area contributed by atoms with Crippen molar-refractivity contribution in [3.05, 3.63) is 71.8 Å². The van der Waals surface area contributed by atoms with Gasteiger partial charge in [-0.05, 0) is 30.9 Å². The first-order valence-corrected chi connectivity index (χ1v) is 7.14. The number of rotatable bonds is 4. The Morgan fingerprint density at radius 1 is 0.905 bits per heavy atom. The van der Waals surface area contributed by atoms with Crippen molar-refractivity contribution in [1.29, 1.82) is 0 Å². The number of carbonyl (C=O) groups excluding carboxylic acids is 1. The molecule has 0 radical (unpaired) electrons. The molecule has 0 aromatic heterocycles. The summed E-state index contributed by atoms with van der Waals surface area (Å²) in [5.41, 5.74) is 5.24. The quantitative estimate of drug-likeness (QED) is 0.918. The number of nitrogens with zero attached hydrogens (tertiary/aromatic N) is 1. The molecule has 0 spiro atoms. The molecule has 0 saturated carbocycles. The van der Waals surface area contributed by atoms with Gasteiger partial charge in [0.1, 0.15) is 0 Å². The fraction of sp³-hybridized carbons (Fsp3) is 0.222. The molecule has 0 unspecified atom stereocenters. The van der Waals surface area contributed by atoms with Crippen LogP contribution in [0.3, 0.4) is 0 Å². The van der Waals surface area contributed by atoms with Gasteiger partial charge in [0.15, 0.2) is 0 Å². The molecule has 3 nitrogen and oxygen atoms in total. The Hall–Kier alpha value is -2.42. The maximum Gasteiger partial charge on any atom is 0.252 e. The molecule has 2 aromatic rings. The lowest BCUT2D eigenvalue weighted by Crippen LogP contribution is -2.41. The molecule has 1 heterocycles. The minimum atomic E-state index is -0.581. The summed E-state index contributed by atoms with van der Waals surface area (Å²) >= 11 is 0. The van der Waals surface area contributed by atoms with E-state index in [1.807, 2.05) is 43.3 Å². The van der Waals surface area contributed by atoms with Crippen molar-refractivity contribution in [2.45, 2.75) is 19.8 Å². The topological polar surface area (TPSA) is 41.5 Å². The molecule has 3 rings (SSSR count). The third kappa shape index (κ3) is 2.59.